The Bertz CT molecular complexity index is 334. The fourth-order valence-electron chi connectivity index (χ4n) is 1.24. The fourth-order valence-corrected chi connectivity index (χ4v) is 1.24. The van der Waals surface area contributed by atoms with Gasteiger partial charge in [-0.25, -0.2) is 9.97 Å². The molecule has 0 aliphatic heterocycles. The highest BCUT2D eigenvalue weighted by molar-refractivity contribution is 5.14. The van der Waals surface area contributed by atoms with Crippen LogP contribution in [0, 0.1) is 5.92 Å². The molecule has 0 aliphatic rings. The fraction of sp³-hybridized carbons (Fsp3) is 0.692. The Hall–Kier alpha value is -1.16. The molecule has 0 aromatic carbocycles. The van der Waals surface area contributed by atoms with Crippen molar-refractivity contribution in [2.75, 3.05) is 6.61 Å². The van der Waals surface area contributed by atoms with Crippen LogP contribution in [0.15, 0.2) is 12.4 Å². The van der Waals surface area contributed by atoms with Gasteiger partial charge in [-0.2, -0.15) is 0 Å². The highest BCUT2D eigenvalue weighted by Gasteiger charge is 2.23. The zero-order valence-electron chi connectivity index (χ0n) is 11.1. The number of rotatable bonds is 6. The van der Waals surface area contributed by atoms with E-state index in [1.54, 1.807) is 19.3 Å². The molecule has 1 rings (SSSR count). The highest BCUT2D eigenvalue weighted by Crippen LogP contribution is 2.21. The van der Waals surface area contributed by atoms with Crippen molar-refractivity contribution in [2.45, 2.75) is 46.1 Å². The van der Waals surface area contributed by atoms with Gasteiger partial charge in [0.05, 0.1) is 19.0 Å². The molecule has 0 saturated heterocycles. The Morgan fingerprint density at radius 3 is 2.41 bits per heavy atom. The Morgan fingerprint density at radius 1 is 1.35 bits per heavy atom. The maximum atomic E-state index is 9.97. The van der Waals surface area contributed by atoms with Crippen molar-refractivity contribution in [3.8, 4) is 5.75 Å². The normalized spacial score (nSPS) is 14.7. The molecule has 0 spiro atoms. The molecule has 1 N–H and O–H groups in total. The molecule has 0 saturated carbocycles. The van der Waals surface area contributed by atoms with Crippen LogP contribution in [0.3, 0.4) is 0 Å². The lowest BCUT2D eigenvalue weighted by Gasteiger charge is -2.19. The second-order valence-electron chi connectivity index (χ2n) is 4.90. The Labute approximate surface area is 103 Å². The minimum absolute atomic E-state index is 0.441. The first kappa shape index (κ1) is 13.9. The molecule has 1 unspecified atom stereocenters. The van der Waals surface area contributed by atoms with Crippen molar-refractivity contribution in [1.82, 2.24) is 9.97 Å². The van der Waals surface area contributed by atoms with Gasteiger partial charge in [0.25, 0.3) is 0 Å². The molecule has 4 heteroatoms. The average Bonchev–Trinajstić information content (AvgIpc) is 2.29. The van der Waals surface area contributed by atoms with Crippen LogP contribution in [-0.2, 0) is 5.60 Å². The summed E-state index contributed by atoms with van der Waals surface area (Å²) in [5.41, 5.74) is -0.962. The average molecular weight is 238 g/mol. The lowest BCUT2D eigenvalue weighted by molar-refractivity contribution is 0.0434. The van der Waals surface area contributed by atoms with E-state index in [4.69, 9.17) is 4.74 Å². The van der Waals surface area contributed by atoms with Crippen molar-refractivity contribution in [3.05, 3.63) is 18.2 Å². The zero-order chi connectivity index (χ0) is 12.9. The summed E-state index contributed by atoms with van der Waals surface area (Å²) < 4.78 is 5.51. The third kappa shape index (κ3) is 4.30. The molecule has 0 fully saturated rings. The number of aromatic nitrogens is 2. The van der Waals surface area contributed by atoms with Crippen molar-refractivity contribution >= 4 is 0 Å². The van der Waals surface area contributed by atoms with Crippen LogP contribution in [0.5, 0.6) is 5.75 Å². The van der Waals surface area contributed by atoms with E-state index in [0.29, 0.717) is 30.5 Å². The summed E-state index contributed by atoms with van der Waals surface area (Å²) in [6.45, 7) is 8.59. The SMILES string of the molecule is CCC(C)(O)c1ncc(OCCC(C)C)cn1. The monoisotopic (exact) mass is 238 g/mol. The van der Waals surface area contributed by atoms with E-state index in [-0.39, 0.29) is 0 Å². The van der Waals surface area contributed by atoms with Gasteiger partial charge in [0.2, 0.25) is 0 Å². The first-order valence-corrected chi connectivity index (χ1v) is 6.13. The predicted octanol–water partition coefficient (Wildman–Crippen LogP) is 2.52. The van der Waals surface area contributed by atoms with Crippen LogP contribution >= 0.6 is 0 Å². The molecule has 0 aliphatic carbocycles. The number of hydrogen-bond acceptors (Lipinski definition) is 4. The van der Waals surface area contributed by atoms with Crippen LogP contribution < -0.4 is 4.74 Å². The summed E-state index contributed by atoms with van der Waals surface area (Å²) in [5.74, 6) is 1.72. The minimum Gasteiger partial charge on any atom is -0.490 e. The van der Waals surface area contributed by atoms with E-state index in [1.165, 1.54) is 0 Å². The Kier molecular flexibility index (Phi) is 4.87. The van der Waals surface area contributed by atoms with Gasteiger partial charge in [-0.15, -0.1) is 0 Å². The van der Waals surface area contributed by atoms with Crippen molar-refractivity contribution in [2.24, 2.45) is 5.92 Å². The molecule has 1 aromatic heterocycles. The molecule has 17 heavy (non-hydrogen) atoms. The molecule has 1 heterocycles. The maximum absolute atomic E-state index is 9.97. The summed E-state index contributed by atoms with van der Waals surface area (Å²) in [6.07, 6.45) is 4.83. The quantitative estimate of drug-likeness (QED) is 0.827. The van der Waals surface area contributed by atoms with Gasteiger partial charge in [0.15, 0.2) is 11.6 Å². The summed E-state index contributed by atoms with van der Waals surface area (Å²) in [6, 6.07) is 0. The van der Waals surface area contributed by atoms with E-state index < -0.39 is 5.60 Å². The van der Waals surface area contributed by atoms with E-state index in [1.807, 2.05) is 6.92 Å². The second kappa shape index (κ2) is 5.96. The Morgan fingerprint density at radius 2 is 1.94 bits per heavy atom. The van der Waals surface area contributed by atoms with Gasteiger partial charge in [-0.3, -0.25) is 0 Å². The topological polar surface area (TPSA) is 55.2 Å². The largest absolute Gasteiger partial charge is 0.490 e. The van der Waals surface area contributed by atoms with Gasteiger partial charge in [-0.1, -0.05) is 20.8 Å². The number of hydrogen-bond donors (Lipinski definition) is 1. The number of aliphatic hydroxyl groups is 1. The second-order valence-corrected chi connectivity index (χ2v) is 4.90. The lowest BCUT2D eigenvalue weighted by Crippen LogP contribution is -2.22. The smallest absolute Gasteiger partial charge is 0.159 e. The maximum Gasteiger partial charge on any atom is 0.159 e. The molecule has 1 aromatic rings. The van der Waals surface area contributed by atoms with E-state index >= 15 is 0 Å². The zero-order valence-corrected chi connectivity index (χ0v) is 11.1. The van der Waals surface area contributed by atoms with Crippen LogP contribution in [0.2, 0.25) is 0 Å². The molecule has 0 radical (unpaired) electrons. The third-order valence-corrected chi connectivity index (χ3v) is 2.76. The van der Waals surface area contributed by atoms with Crippen molar-refractivity contribution in [1.29, 1.82) is 0 Å². The molecule has 96 valence electrons. The standard InChI is InChI=1S/C13H22N2O2/c1-5-13(4,16)12-14-8-11(9-15-12)17-7-6-10(2)3/h8-10,16H,5-7H2,1-4H3. The molecule has 0 amide bonds. The van der Waals surface area contributed by atoms with Gasteiger partial charge in [0, 0.05) is 0 Å². The number of ether oxygens (including phenoxy) is 1. The van der Waals surface area contributed by atoms with Crippen LogP contribution in [-0.4, -0.2) is 21.7 Å². The molecular weight excluding hydrogens is 216 g/mol. The minimum atomic E-state index is -0.962. The molecule has 4 nitrogen and oxygen atoms in total. The molecule has 1 atom stereocenters. The summed E-state index contributed by atoms with van der Waals surface area (Å²) >= 11 is 0. The summed E-state index contributed by atoms with van der Waals surface area (Å²) in [4.78, 5) is 8.27. The van der Waals surface area contributed by atoms with Crippen LogP contribution in [0.4, 0.5) is 0 Å². The van der Waals surface area contributed by atoms with E-state index in [2.05, 4.69) is 23.8 Å². The summed E-state index contributed by atoms with van der Waals surface area (Å²) in [7, 11) is 0. The predicted molar refractivity (Wildman–Crippen MR) is 66.8 cm³/mol. The highest BCUT2D eigenvalue weighted by atomic mass is 16.5. The first-order chi connectivity index (χ1) is 7.95. The Balaban J connectivity index is 2.56. The lowest BCUT2D eigenvalue weighted by atomic mass is 10.0. The van der Waals surface area contributed by atoms with Crippen LogP contribution in [0.25, 0.3) is 0 Å². The summed E-state index contributed by atoms with van der Waals surface area (Å²) in [5, 5.41) is 9.97. The van der Waals surface area contributed by atoms with Crippen molar-refractivity contribution < 1.29 is 9.84 Å². The molecule has 0 bridgehead atoms. The molecular formula is C13H22N2O2. The van der Waals surface area contributed by atoms with Gasteiger partial charge in [0.1, 0.15) is 5.60 Å². The number of nitrogens with zero attached hydrogens (tertiary/aromatic N) is 2. The van der Waals surface area contributed by atoms with Crippen molar-refractivity contribution in [3.63, 3.8) is 0 Å². The van der Waals surface area contributed by atoms with E-state index in [9.17, 15) is 5.11 Å². The first-order valence-electron chi connectivity index (χ1n) is 6.13. The van der Waals surface area contributed by atoms with Gasteiger partial charge in [-0.05, 0) is 25.7 Å². The van der Waals surface area contributed by atoms with E-state index in [0.717, 1.165) is 6.42 Å². The van der Waals surface area contributed by atoms with Gasteiger partial charge < -0.3 is 9.84 Å². The van der Waals surface area contributed by atoms with Crippen LogP contribution in [0.1, 0.15) is 46.4 Å². The van der Waals surface area contributed by atoms with Gasteiger partial charge >= 0.3 is 0 Å². The third-order valence-electron chi connectivity index (χ3n) is 2.76.